The third-order valence-corrected chi connectivity index (χ3v) is 5.25. The van der Waals surface area contributed by atoms with E-state index in [0.717, 1.165) is 13.1 Å². The molecule has 1 N–H and O–H groups in total. The van der Waals surface area contributed by atoms with Crippen molar-refractivity contribution >= 4 is 11.8 Å². The minimum Gasteiger partial charge on any atom is -0.316 e. The number of hydrogen-bond donors (Lipinski definition) is 1. The molecular weight excluding hydrogens is 230 g/mol. The minimum atomic E-state index is 0.641. The predicted molar refractivity (Wildman–Crippen MR) is 72.9 cm³/mol. The van der Waals surface area contributed by atoms with Gasteiger partial charge in [-0.1, -0.05) is 0 Å². The molecule has 0 saturated carbocycles. The van der Waals surface area contributed by atoms with Crippen LogP contribution in [0.3, 0.4) is 0 Å². The SMILES string of the molecule is Cc1nn(C2CCSC2)c(C)c1C1CCNC1. The summed E-state index contributed by atoms with van der Waals surface area (Å²) in [5.41, 5.74) is 4.20. The van der Waals surface area contributed by atoms with Crippen LogP contribution in [0.15, 0.2) is 0 Å². The number of rotatable bonds is 2. The van der Waals surface area contributed by atoms with E-state index >= 15 is 0 Å². The van der Waals surface area contributed by atoms with Crippen LogP contribution >= 0.6 is 11.8 Å². The molecule has 2 atom stereocenters. The molecule has 0 radical (unpaired) electrons. The van der Waals surface area contributed by atoms with Crippen molar-refractivity contribution < 1.29 is 0 Å². The fourth-order valence-corrected chi connectivity index (χ4v) is 4.42. The molecule has 17 heavy (non-hydrogen) atoms. The van der Waals surface area contributed by atoms with E-state index in [1.807, 2.05) is 0 Å². The highest BCUT2D eigenvalue weighted by Gasteiger charge is 2.27. The molecule has 94 valence electrons. The molecule has 0 bridgehead atoms. The van der Waals surface area contributed by atoms with Gasteiger partial charge in [0, 0.05) is 29.5 Å². The Hall–Kier alpha value is -0.480. The van der Waals surface area contributed by atoms with Gasteiger partial charge in [0.05, 0.1) is 11.7 Å². The molecule has 2 fully saturated rings. The van der Waals surface area contributed by atoms with Crippen LogP contribution in [0.4, 0.5) is 0 Å². The highest BCUT2D eigenvalue weighted by molar-refractivity contribution is 7.99. The molecule has 0 aromatic carbocycles. The van der Waals surface area contributed by atoms with Gasteiger partial charge in [-0.3, -0.25) is 4.68 Å². The second-order valence-electron chi connectivity index (χ2n) is 5.24. The monoisotopic (exact) mass is 251 g/mol. The lowest BCUT2D eigenvalue weighted by atomic mass is 9.96. The molecule has 4 heteroatoms. The van der Waals surface area contributed by atoms with Crippen LogP contribution in [0.1, 0.15) is 41.8 Å². The Labute approximate surface area is 107 Å². The van der Waals surface area contributed by atoms with E-state index in [1.54, 1.807) is 0 Å². The van der Waals surface area contributed by atoms with Crippen LogP contribution in [0, 0.1) is 13.8 Å². The maximum Gasteiger partial charge on any atom is 0.0631 e. The van der Waals surface area contributed by atoms with Crippen LogP contribution in [0.2, 0.25) is 0 Å². The molecule has 0 amide bonds. The van der Waals surface area contributed by atoms with Crippen molar-refractivity contribution in [2.75, 3.05) is 24.6 Å². The highest BCUT2D eigenvalue weighted by atomic mass is 32.2. The summed E-state index contributed by atoms with van der Waals surface area (Å²) in [5, 5.41) is 8.28. The zero-order chi connectivity index (χ0) is 11.8. The molecule has 2 saturated heterocycles. The maximum absolute atomic E-state index is 4.81. The Morgan fingerprint density at radius 3 is 2.88 bits per heavy atom. The number of nitrogens with one attached hydrogen (secondary N) is 1. The second-order valence-corrected chi connectivity index (χ2v) is 6.39. The quantitative estimate of drug-likeness (QED) is 0.874. The number of aryl methyl sites for hydroxylation is 1. The first-order valence-corrected chi connectivity index (χ1v) is 7.77. The lowest BCUT2D eigenvalue weighted by Gasteiger charge is -2.13. The van der Waals surface area contributed by atoms with Gasteiger partial charge in [0.1, 0.15) is 0 Å². The summed E-state index contributed by atoms with van der Waals surface area (Å²) in [6.07, 6.45) is 2.56. The summed E-state index contributed by atoms with van der Waals surface area (Å²) in [6.45, 7) is 6.73. The van der Waals surface area contributed by atoms with Crippen LogP contribution in [-0.2, 0) is 0 Å². The van der Waals surface area contributed by atoms with Gasteiger partial charge in [-0.15, -0.1) is 0 Å². The van der Waals surface area contributed by atoms with Gasteiger partial charge in [-0.2, -0.15) is 16.9 Å². The third-order valence-electron chi connectivity index (χ3n) is 4.10. The molecule has 3 rings (SSSR count). The van der Waals surface area contributed by atoms with Crippen molar-refractivity contribution in [1.29, 1.82) is 0 Å². The van der Waals surface area contributed by atoms with Crippen LogP contribution in [-0.4, -0.2) is 34.4 Å². The predicted octanol–water partition coefficient (Wildman–Crippen LogP) is 2.25. The zero-order valence-electron chi connectivity index (χ0n) is 10.7. The van der Waals surface area contributed by atoms with Crippen molar-refractivity contribution in [3.05, 3.63) is 17.0 Å². The Kier molecular flexibility index (Phi) is 3.17. The van der Waals surface area contributed by atoms with Crippen molar-refractivity contribution in [1.82, 2.24) is 15.1 Å². The average molecular weight is 251 g/mol. The van der Waals surface area contributed by atoms with Crippen molar-refractivity contribution in [2.45, 2.75) is 38.6 Å². The number of hydrogen-bond acceptors (Lipinski definition) is 3. The summed E-state index contributed by atoms with van der Waals surface area (Å²) in [7, 11) is 0. The first-order chi connectivity index (χ1) is 8.27. The molecule has 0 spiro atoms. The molecule has 2 aliphatic rings. The number of thioether (sulfide) groups is 1. The molecule has 1 aromatic heterocycles. The van der Waals surface area contributed by atoms with Gasteiger partial charge in [0.2, 0.25) is 0 Å². The van der Waals surface area contributed by atoms with Gasteiger partial charge >= 0.3 is 0 Å². The smallest absolute Gasteiger partial charge is 0.0631 e. The largest absolute Gasteiger partial charge is 0.316 e. The van der Waals surface area contributed by atoms with Crippen molar-refractivity contribution in [3.8, 4) is 0 Å². The van der Waals surface area contributed by atoms with Gasteiger partial charge in [0.15, 0.2) is 0 Å². The van der Waals surface area contributed by atoms with E-state index in [0.29, 0.717) is 12.0 Å². The number of nitrogens with zero attached hydrogens (tertiary/aromatic N) is 2. The van der Waals surface area contributed by atoms with E-state index in [2.05, 4.69) is 35.6 Å². The number of aromatic nitrogens is 2. The molecule has 0 aliphatic carbocycles. The second kappa shape index (κ2) is 4.65. The Balaban J connectivity index is 1.93. The van der Waals surface area contributed by atoms with Crippen LogP contribution in [0.25, 0.3) is 0 Å². The third kappa shape index (κ3) is 2.02. The van der Waals surface area contributed by atoms with E-state index in [4.69, 9.17) is 5.10 Å². The Bertz CT molecular complexity index is 401. The highest BCUT2D eigenvalue weighted by Crippen LogP contribution is 2.33. The maximum atomic E-state index is 4.81. The summed E-state index contributed by atoms with van der Waals surface area (Å²) in [6, 6.07) is 0.641. The van der Waals surface area contributed by atoms with E-state index < -0.39 is 0 Å². The summed E-state index contributed by atoms with van der Waals surface area (Å²) < 4.78 is 2.31. The molecule has 1 aromatic rings. The standard InChI is InChI=1S/C13H21N3S/c1-9-13(11-3-5-14-7-11)10(2)16(15-9)12-4-6-17-8-12/h11-12,14H,3-8H2,1-2H3. The first kappa shape index (κ1) is 11.6. The Morgan fingerprint density at radius 1 is 1.35 bits per heavy atom. The van der Waals surface area contributed by atoms with Crippen LogP contribution in [0.5, 0.6) is 0 Å². The summed E-state index contributed by atoms with van der Waals surface area (Å²) in [4.78, 5) is 0. The average Bonchev–Trinajstić information content (AvgIpc) is 2.99. The molecule has 2 aliphatic heterocycles. The lowest BCUT2D eigenvalue weighted by Crippen LogP contribution is -2.12. The molecule has 2 unspecified atom stereocenters. The van der Waals surface area contributed by atoms with Gasteiger partial charge in [0.25, 0.3) is 0 Å². The molecular formula is C13H21N3S. The first-order valence-electron chi connectivity index (χ1n) is 6.61. The molecule has 3 nitrogen and oxygen atoms in total. The van der Waals surface area contributed by atoms with Crippen LogP contribution < -0.4 is 5.32 Å². The van der Waals surface area contributed by atoms with Crippen molar-refractivity contribution in [3.63, 3.8) is 0 Å². The van der Waals surface area contributed by atoms with Gasteiger partial charge in [-0.25, -0.2) is 0 Å². The van der Waals surface area contributed by atoms with E-state index in [9.17, 15) is 0 Å². The fourth-order valence-electron chi connectivity index (χ4n) is 3.24. The van der Waals surface area contributed by atoms with Crippen molar-refractivity contribution in [2.24, 2.45) is 0 Å². The molecule has 3 heterocycles. The zero-order valence-corrected chi connectivity index (χ0v) is 11.5. The lowest BCUT2D eigenvalue weighted by molar-refractivity contribution is 0.487. The van der Waals surface area contributed by atoms with Gasteiger partial charge < -0.3 is 5.32 Å². The topological polar surface area (TPSA) is 29.9 Å². The fraction of sp³-hybridized carbons (Fsp3) is 0.769. The van der Waals surface area contributed by atoms with E-state index in [-0.39, 0.29) is 0 Å². The van der Waals surface area contributed by atoms with E-state index in [1.165, 1.54) is 41.3 Å². The summed E-state index contributed by atoms with van der Waals surface area (Å²) >= 11 is 2.06. The summed E-state index contributed by atoms with van der Waals surface area (Å²) in [5.74, 6) is 3.23. The Morgan fingerprint density at radius 2 is 2.24 bits per heavy atom. The van der Waals surface area contributed by atoms with Gasteiger partial charge in [-0.05, 0) is 39.0 Å². The minimum absolute atomic E-state index is 0.641. The normalized spacial score (nSPS) is 29.1.